The Balaban J connectivity index is 1.77. The second-order valence-electron chi connectivity index (χ2n) is 4.68. The molecule has 2 aromatic carbocycles. The maximum atomic E-state index is 12.8. The standard InChI is InChI=1S/C16H14FNO3/c17-12-3-1-11(2-4-12)10-20-13-5-6-16-14(9-13)15(7-8-19)18-21-16/h1-6,9,19H,7-8,10H2. The predicted octanol–water partition coefficient (Wildman–Crippen LogP) is 3.08. The lowest BCUT2D eigenvalue weighted by molar-refractivity contribution is 0.295. The number of ether oxygens (including phenoxy) is 1. The van der Waals surface area contributed by atoms with Crippen molar-refractivity contribution >= 4 is 11.0 Å². The van der Waals surface area contributed by atoms with E-state index in [1.54, 1.807) is 24.3 Å². The number of hydrogen-bond acceptors (Lipinski definition) is 4. The van der Waals surface area contributed by atoms with Crippen molar-refractivity contribution in [1.29, 1.82) is 0 Å². The molecule has 0 aliphatic carbocycles. The Bertz CT molecular complexity index is 737. The molecule has 0 unspecified atom stereocenters. The summed E-state index contributed by atoms with van der Waals surface area (Å²) < 4.78 is 23.7. The minimum Gasteiger partial charge on any atom is -0.489 e. The summed E-state index contributed by atoms with van der Waals surface area (Å²) in [5, 5.41) is 13.8. The van der Waals surface area contributed by atoms with Crippen LogP contribution < -0.4 is 4.74 Å². The van der Waals surface area contributed by atoms with Gasteiger partial charge >= 0.3 is 0 Å². The Kier molecular flexibility index (Phi) is 3.83. The summed E-state index contributed by atoms with van der Waals surface area (Å²) in [4.78, 5) is 0. The number of aliphatic hydroxyl groups excluding tert-OH is 1. The summed E-state index contributed by atoms with van der Waals surface area (Å²) in [5.41, 5.74) is 2.25. The van der Waals surface area contributed by atoms with Crippen molar-refractivity contribution in [3.63, 3.8) is 0 Å². The van der Waals surface area contributed by atoms with Crippen LogP contribution >= 0.6 is 0 Å². The van der Waals surface area contributed by atoms with Gasteiger partial charge in [0.1, 0.15) is 18.2 Å². The van der Waals surface area contributed by atoms with E-state index in [2.05, 4.69) is 5.16 Å². The van der Waals surface area contributed by atoms with E-state index < -0.39 is 0 Å². The van der Waals surface area contributed by atoms with Crippen molar-refractivity contribution in [2.24, 2.45) is 0 Å². The van der Waals surface area contributed by atoms with Gasteiger partial charge in [-0.2, -0.15) is 0 Å². The predicted molar refractivity (Wildman–Crippen MR) is 75.5 cm³/mol. The third kappa shape index (κ3) is 3.03. The fourth-order valence-electron chi connectivity index (χ4n) is 2.09. The highest BCUT2D eigenvalue weighted by Crippen LogP contribution is 2.24. The molecule has 3 rings (SSSR count). The summed E-state index contributed by atoms with van der Waals surface area (Å²) in [5.74, 6) is 0.410. The van der Waals surface area contributed by atoms with Gasteiger partial charge in [0.2, 0.25) is 0 Å². The van der Waals surface area contributed by atoms with E-state index in [4.69, 9.17) is 14.4 Å². The van der Waals surface area contributed by atoms with E-state index in [1.807, 2.05) is 6.07 Å². The van der Waals surface area contributed by atoms with Gasteiger partial charge in [0, 0.05) is 18.4 Å². The molecule has 1 N–H and O–H groups in total. The molecule has 4 nitrogen and oxygen atoms in total. The van der Waals surface area contributed by atoms with Gasteiger partial charge in [-0.15, -0.1) is 0 Å². The molecule has 0 aliphatic heterocycles. The Labute approximate surface area is 120 Å². The molecule has 0 atom stereocenters. The van der Waals surface area contributed by atoms with Crippen LogP contribution in [0.2, 0.25) is 0 Å². The van der Waals surface area contributed by atoms with Gasteiger partial charge in [0.15, 0.2) is 5.58 Å². The number of rotatable bonds is 5. The Hall–Kier alpha value is -2.40. The van der Waals surface area contributed by atoms with Crippen LogP contribution in [0.5, 0.6) is 5.75 Å². The summed E-state index contributed by atoms with van der Waals surface area (Å²) in [6.45, 7) is 0.370. The van der Waals surface area contributed by atoms with Gasteiger partial charge < -0.3 is 14.4 Å². The second kappa shape index (κ2) is 5.93. The minimum absolute atomic E-state index is 0.0162. The van der Waals surface area contributed by atoms with E-state index in [0.717, 1.165) is 10.9 Å². The minimum atomic E-state index is -0.265. The largest absolute Gasteiger partial charge is 0.489 e. The monoisotopic (exact) mass is 287 g/mol. The first-order chi connectivity index (χ1) is 10.3. The maximum absolute atomic E-state index is 12.8. The van der Waals surface area contributed by atoms with Crippen molar-refractivity contribution in [1.82, 2.24) is 5.16 Å². The van der Waals surface area contributed by atoms with Crippen molar-refractivity contribution in [3.8, 4) is 5.75 Å². The second-order valence-corrected chi connectivity index (χ2v) is 4.68. The van der Waals surface area contributed by atoms with Crippen LogP contribution in [0.3, 0.4) is 0 Å². The average molecular weight is 287 g/mol. The number of aliphatic hydroxyl groups is 1. The van der Waals surface area contributed by atoms with Crippen LogP contribution in [0.25, 0.3) is 11.0 Å². The topological polar surface area (TPSA) is 55.5 Å². The smallest absolute Gasteiger partial charge is 0.167 e. The van der Waals surface area contributed by atoms with Crippen LogP contribution in [0.4, 0.5) is 4.39 Å². The Morgan fingerprint density at radius 2 is 1.95 bits per heavy atom. The zero-order valence-corrected chi connectivity index (χ0v) is 11.3. The highest BCUT2D eigenvalue weighted by Gasteiger charge is 2.09. The Morgan fingerprint density at radius 1 is 1.14 bits per heavy atom. The van der Waals surface area contributed by atoms with Crippen LogP contribution in [0.15, 0.2) is 47.0 Å². The fourth-order valence-corrected chi connectivity index (χ4v) is 2.09. The molecule has 0 saturated heterocycles. The summed E-state index contributed by atoms with van der Waals surface area (Å²) in [6.07, 6.45) is 0.439. The first-order valence-electron chi connectivity index (χ1n) is 6.62. The van der Waals surface area contributed by atoms with E-state index in [-0.39, 0.29) is 12.4 Å². The van der Waals surface area contributed by atoms with Crippen LogP contribution in [-0.4, -0.2) is 16.9 Å². The average Bonchev–Trinajstić information content (AvgIpc) is 2.90. The SMILES string of the molecule is OCCc1noc2ccc(OCc3ccc(F)cc3)cc12. The van der Waals surface area contributed by atoms with E-state index >= 15 is 0 Å². The van der Waals surface area contributed by atoms with Gasteiger partial charge in [-0.3, -0.25) is 0 Å². The van der Waals surface area contributed by atoms with Gasteiger partial charge in [-0.05, 0) is 35.9 Å². The lowest BCUT2D eigenvalue weighted by Crippen LogP contribution is -1.96. The molecule has 1 heterocycles. The lowest BCUT2D eigenvalue weighted by atomic mass is 10.1. The zero-order valence-electron chi connectivity index (χ0n) is 11.3. The lowest BCUT2D eigenvalue weighted by Gasteiger charge is -2.06. The van der Waals surface area contributed by atoms with E-state index in [1.165, 1.54) is 12.1 Å². The van der Waals surface area contributed by atoms with Gasteiger partial charge in [-0.25, -0.2) is 4.39 Å². The highest BCUT2D eigenvalue weighted by atomic mass is 19.1. The zero-order chi connectivity index (χ0) is 14.7. The first-order valence-corrected chi connectivity index (χ1v) is 6.62. The van der Waals surface area contributed by atoms with Crippen LogP contribution in [-0.2, 0) is 13.0 Å². The fraction of sp³-hybridized carbons (Fsp3) is 0.188. The van der Waals surface area contributed by atoms with Crippen molar-refractivity contribution in [3.05, 3.63) is 59.5 Å². The normalized spacial score (nSPS) is 11.0. The number of hydrogen-bond donors (Lipinski definition) is 1. The quantitative estimate of drug-likeness (QED) is 0.783. The highest BCUT2D eigenvalue weighted by molar-refractivity contribution is 5.81. The third-order valence-corrected chi connectivity index (χ3v) is 3.18. The molecule has 0 amide bonds. The van der Waals surface area contributed by atoms with Crippen molar-refractivity contribution in [2.75, 3.05) is 6.61 Å². The van der Waals surface area contributed by atoms with Crippen LogP contribution in [0, 0.1) is 5.82 Å². The Morgan fingerprint density at radius 3 is 2.71 bits per heavy atom. The van der Waals surface area contributed by atoms with Crippen LogP contribution in [0.1, 0.15) is 11.3 Å². The van der Waals surface area contributed by atoms with Gasteiger partial charge in [0.25, 0.3) is 0 Å². The molecule has 0 fully saturated rings. The molecule has 0 bridgehead atoms. The molecule has 3 aromatic rings. The van der Waals surface area contributed by atoms with Gasteiger partial charge in [0.05, 0.1) is 5.69 Å². The number of fused-ring (bicyclic) bond motifs is 1. The molecule has 5 heteroatoms. The molecule has 0 aliphatic rings. The molecule has 108 valence electrons. The molecule has 0 radical (unpaired) electrons. The molecule has 0 saturated carbocycles. The third-order valence-electron chi connectivity index (χ3n) is 3.18. The molecular formula is C16H14FNO3. The summed E-state index contributed by atoms with van der Waals surface area (Å²) in [6, 6.07) is 11.6. The number of benzene rings is 2. The van der Waals surface area contributed by atoms with Crippen molar-refractivity contribution < 1.29 is 18.8 Å². The van der Waals surface area contributed by atoms with Crippen molar-refractivity contribution in [2.45, 2.75) is 13.0 Å². The number of aromatic nitrogens is 1. The number of halogens is 1. The molecule has 1 aromatic heterocycles. The first kappa shape index (κ1) is 13.6. The molecule has 21 heavy (non-hydrogen) atoms. The van der Waals surface area contributed by atoms with E-state index in [9.17, 15) is 4.39 Å². The molecular weight excluding hydrogens is 273 g/mol. The van der Waals surface area contributed by atoms with Gasteiger partial charge in [-0.1, -0.05) is 17.3 Å². The van der Waals surface area contributed by atoms with E-state index in [0.29, 0.717) is 30.1 Å². The maximum Gasteiger partial charge on any atom is 0.167 e. The summed E-state index contributed by atoms with van der Waals surface area (Å²) >= 11 is 0. The summed E-state index contributed by atoms with van der Waals surface area (Å²) in [7, 11) is 0. The molecule has 0 spiro atoms. The number of nitrogens with zero attached hydrogens (tertiary/aromatic N) is 1.